The highest BCUT2D eigenvalue weighted by molar-refractivity contribution is 5.85. The second-order valence-electron chi connectivity index (χ2n) is 14.5. The molecule has 5 aromatic carbocycles. The Labute approximate surface area is 289 Å². The van der Waals surface area contributed by atoms with E-state index >= 15 is 0 Å². The molecule has 1 unspecified atom stereocenters. The average molecular weight is 637 g/mol. The lowest BCUT2D eigenvalue weighted by Gasteiger charge is -2.50. The molecule has 0 radical (unpaired) electrons. The third-order valence-corrected chi connectivity index (χ3v) is 10.7. The Morgan fingerprint density at radius 1 is 0.531 bits per heavy atom. The lowest BCUT2D eigenvalue weighted by atomic mass is 9.54. The highest BCUT2D eigenvalue weighted by Gasteiger charge is 2.45. The molecule has 2 saturated carbocycles. The maximum absolute atomic E-state index is 9.51. The predicted octanol–water partition coefficient (Wildman–Crippen LogP) is 11.2. The summed E-state index contributed by atoms with van der Waals surface area (Å²) in [5.74, 6) is 4.27. The summed E-state index contributed by atoms with van der Waals surface area (Å²) in [6, 6.07) is 46.4. The predicted molar refractivity (Wildman–Crippen MR) is 198 cm³/mol. The smallest absolute Gasteiger partial charge is 0.164 e. The summed E-state index contributed by atoms with van der Waals surface area (Å²) in [5, 5.41) is 9.51. The Kier molecular flexibility index (Phi) is 8.14. The molecule has 2 aliphatic rings. The highest BCUT2D eigenvalue weighted by Crippen LogP contribution is 2.54. The van der Waals surface area contributed by atoms with Gasteiger partial charge in [-0.05, 0) is 101 Å². The molecule has 2 aliphatic carbocycles. The minimum atomic E-state index is 0.231. The SMILES string of the molecule is C[C@@H]1C[C@@H]2C[C@H](C)CC(c3ccc(-c4ccc(-c5nc(-c6ccccc6)nc(-c6ccccc6)n5)cc4)c(-c4ccc(C#N)cc4)c3)(C1)C2. The topological polar surface area (TPSA) is 62.5 Å². The molecule has 2 fully saturated rings. The fraction of sp³-hybridized carbons (Fsp3) is 0.244. The van der Waals surface area contributed by atoms with Crippen LogP contribution in [0, 0.1) is 29.1 Å². The zero-order valence-electron chi connectivity index (χ0n) is 28.2. The molecule has 0 amide bonds. The Hall–Kier alpha value is -5.40. The molecule has 1 aromatic heterocycles. The monoisotopic (exact) mass is 636 g/mol. The van der Waals surface area contributed by atoms with Gasteiger partial charge in [0.05, 0.1) is 11.6 Å². The first-order valence-electron chi connectivity index (χ1n) is 17.6. The van der Waals surface area contributed by atoms with Crippen LogP contribution >= 0.6 is 0 Å². The van der Waals surface area contributed by atoms with Crippen molar-refractivity contribution in [1.29, 1.82) is 5.26 Å². The molecule has 0 N–H and O–H groups in total. The summed E-state index contributed by atoms with van der Waals surface area (Å²) >= 11 is 0. The molecule has 6 aromatic rings. The largest absolute Gasteiger partial charge is 0.208 e. The molecule has 4 heteroatoms. The first-order chi connectivity index (χ1) is 24.0. The van der Waals surface area contributed by atoms with Crippen molar-refractivity contribution in [2.24, 2.45) is 17.8 Å². The van der Waals surface area contributed by atoms with Crippen molar-refractivity contribution in [3.8, 4) is 62.5 Å². The van der Waals surface area contributed by atoms with E-state index in [0.717, 1.165) is 45.6 Å². The van der Waals surface area contributed by atoms with Crippen LogP contribution in [-0.2, 0) is 5.41 Å². The average Bonchev–Trinajstić information content (AvgIpc) is 3.14. The zero-order valence-corrected chi connectivity index (χ0v) is 28.2. The number of fused-ring (bicyclic) bond motifs is 2. The van der Waals surface area contributed by atoms with Gasteiger partial charge in [0.15, 0.2) is 17.5 Å². The van der Waals surface area contributed by atoms with Crippen molar-refractivity contribution < 1.29 is 0 Å². The first-order valence-corrected chi connectivity index (χ1v) is 17.6. The van der Waals surface area contributed by atoms with Gasteiger partial charge < -0.3 is 0 Å². The standard InChI is InChI=1S/C45H40N4/c1-30-23-33-24-31(2)27-45(26-30,28-33)39-21-22-40(41(25-39)35-15-13-32(29-46)14-16-35)34-17-19-38(20-18-34)44-48-42(36-9-5-3-6-10-36)47-43(49-44)37-11-7-4-8-12-37/h3-22,25,30-31,33H,23-24,26-28H2,1-2H3/t30-,31+,33-,45?. The summed E-state index contributed by atoms with van der Waals surface area (Å²) in [5.41, 5.74) is 9.91. The van der Waals surface area contributed by atoms with Gasteiger partial charge in [-0.2, -0.15) is 5.26 Å². The summed E-state index contributed by atoms with van der Waals surface area (Å²) in [4.78, 5) is 14.7. The second kappa shape index (κ2) is 12.9. The van der Waals surface area contributed by atoms with Crippen molar-refractivity contribution in [3.05, 3.63) is 139 Å². The Morgan fingerprint density at radius 2 is 1.00 bits per heavy atom. The van der Waals surface area contributed by atoms with E-state index in [-0.39, 0.29) is 5.41 Å². The third kappa shape index (κ3) is 6.18. The summed E-state index contributed by atoms with van der Waals surface area (Å²) in [6.45, 7) is 4.90. The molecular weight excluding hydrogens is 597 g/mol. The van der Waals surface area contributed by atoms with Crippen LogP contribution in [0.1, 0.15) is 57.1 Å². The number of aromatic nitrogens is 3. The van der Waals surface area contributed by atoms with E-state index in [9.17, 15) is 5.26 Å². The normalized spacial score (nSPS) is 21.5. The van der Waals surface area contributed by atoms with E-state index in [1.165, 1.54) is 48.8 Å². The van der Waals surface area contributed by atoms with Gasteiger partial charge in [-0.25, -0.2) is 15.0 Å². The van der Waals surface area contributed by atoms with Gasteiger partial charge in [0.2, 0.25) is 0 Å². The molecule has 0 saturated heterocycles. The van der Waals surface area contributed by atoms with E-state index in [1.54, 1.807) is 0 Å². The van der Waals surface area contributed by atoms with Gasteiger partial charge in [0, 0.05) is 16.7 Å². The van der Waals surface area contributed by atoms with E-state index in [2.05, 4.69) is 74.5 Å². The number of hydrogen-bond acceptors (Lipinski definition) is 4. The van der Waals surface area contributed by atoms with E-state index in [4.69, 9.17) is 15.0 Å². The molecule has 240 valence electrons. The fourth-order valence-electron chi connectivity index (χ4n) is 8.88. The Balaban J connectivity index is 1.21. The summed E-state index contributed by atoms with van der Waals surface area (Å²) in [6.07, 6.45) is 6.54. The van der Waals surface area contributed by atoms with Gasteiger partial charge >= 0.3 is 0 Å². The van der Waals surface area contributed by atoms with Gasteiger partial charge in [-0.3, -0.25) is 0 Å². The van der Waals surface area contributed by atoms with E-state index in [1.807, 2.05) is 72.8 Å². The van der Waals surface area contributed by atoms with Crippen molar-refractivity contribution >= 4 is 0 Å². The van der Waals surface area contributed by atoms with Crippen molar-refractivity contribution in [3.63, 3.8) is 0 Å². The van der Waals surface area contributed by atoms with Crippen molar-refractivity contribution in [1.82, 2.24) is 15.0 Å². The Bertz CT molecular complexity index is 2050. The lowest BCUT2D eigenvalue weighted by Crippen LogP contribution is -2.42. The minimum Gasteiger partial charge on any atom is -0.208 e. The Morgan fingerprint density at radius 3 is 1.53 bits per heavy atom. The zero-order chi connectivity index (χ0) is 33.4. The van der Waals surface area contributed by atoms with Crippen LogP contribution in [0.5, 0.6) is 0 Å². The minimum absolute atomic E-state index is 0.231. The lowest BCUT2D eigenvalue weighted by molar-refractivity contribution is 0.0781. The molecule has 0 aliphatic heterocycles. The highest BCUT2D eigenvalue weighted by atomic mass is 15.0. The van der Waals surface area contributed by atoms with Crippen LogP contribution in [0.15, 0.2) is 127 Å². The van der Waals surface area contributed by atoms with Gasteiger partial charge in [0.1, 0.15) is 0 Å². The maximum atomic E-state index is 9.51. The maximum Gasteiger partial charge on any atom is 0.164 e. The third-order valence-electron chi connectivity index (χ3n) is 10.7. The summed E-state index contributed by atoms with van der Waals surface area (Å²) < 4.78 is 0. The molecule has 8 rings (SSSR count). The molecule has 49 heavy (non-hydrogen) atoms. The van der Waals surface area contributed by atoms with Crippen LogP contribution in [0.3, 0.4) is 0 Å². The fourth-order valence-corrected chi connectivity index (χ4v) is 8.88. The summed E-state index contributed by atoms with van der Waals surface area (Å²) in [7, 11) is 0. The van der Waals surface area contributed by atoms with Gasteiger partial charge in [-0.15, -0.1) is 0 Å². The van der Waals surface area contributed by atoms with Crippen LogP contribution in [0.25, 0.3) is 56.4 Å². The first kappa shape index (κ1) is 30.9. The molecular formula is C45H40N4. The van der Waals surface area contributed by atoms with Gasteiger partial charge in [0.25, 0.3) is 0 Å². The van der Waals surface area contributed by atoms with E-state index < -0.39 is 0 Å². The van der Waals surface area contributed by atoms with Crippen LogP contribution in [0.2, 0.25) is 0 Å². The quantitative estimate of drug-likeness (QED) is 0.182. The molecule has 0 spiro atoms. The van der Waals surface area contributed by atoms with Crippen molar-refractivity contribution in [2.45, 2.75) is 51.4 Å². The van der Waals surface area contributed by atoms with E-state index in [0.29, 0.717) is 23.0 Å². The number of nitrogens with zero attached hydrogens (tertiary/aromatic N) is 4. The molecule has 4 nitrogen and oxygen atoms in total. The van der Waals surface area contributed by atoms with Gasteiger partial charge in [-0.1, -0.05) is 123 Å². The molecule has 1 heterocycles. The molecule has 4 atom stereocenters. The van der Waals surface area contributed by atoms with Crippen LogP contribution < -0.4 is 0 Å². The number of benzene rings is 5. The van der Waals surface area contributed by atoms with Crippen LogP contribution in [0.4, 0.5) is 0 Å². The molecule has 2 bridgehead atoms. The second-order valence-corrected chi connectivity index (χ2v) is 14.5. The van der Waals surface area contributed by atoms with Crippen LogP contribution in [-0.4, -0.2) is 15.0 Å². The number of hydrogen-bond donors (Lipinski definition) is 0. The number of nitriles is 1. The van der Waals surface area contributed by atoms with Crippen molar-refractivity contribution in [2.75, 3.05) is 0 Å². The number of rotatable bonds is 6.